The molecule has 2 aromatic rings. The number of carbonyl (C=O) groups excluding carboxylic acids is 1. The van der Waals surface area contributed by atoms with Gasteiger partial charge in [0.05, 0.1) is 0 Å². The summed E-state index contributed by atoms with van der Waals surface area (Å²) in [5.41, 5.74) is 3.33. The zero-order chi connectivity index (χ0) is 16.1. The van der Waals surface area contributed by atoms with Crippen LogP contribution in [0.4, 0.5) is 10.5 Å². The molecule has 1 unspecified atom stereocenters. The molecule has 1 saturated heterocycles. The fourth-order valence-corrected chi connectivity index (χ4v) is 2.93. The number of anilines is 1. The number of carbonyl (C=O) groups is 1. The summed E-state index contributed by atoms with van der Waals surface area (Å²) in [7, 11) is 0. The third-order valence-corrected chi connectivity index (χ3v) is 4.17. The van der Waals surface area contributed by atoms with E-state index in [9.17, 15) is 4.79 Å². The highest BCUT2D eigenvalue weighted by molar-refractivity contribution is 5.89. The maximum Gasteiger partial charge on any atom is 0.319 e. The number of amides is 2. The number of rotatable bonds is 4. The minimum absolute atomic E-state index is 0.125. The Morgan fingerprint density at radius 1 is 1.13 bits per heavy atom. The van der Waals surface area contributed by atoms with Crippen molar-refractivity contribution in [1.82, 2.24) is 10.2 Å². The van der Waals surface area contributed by atoms with E-state index >= 15 is 0 Å². The van der Waals surface area contributed by atoms with Gasteiger partial charge in [-0.2, -0.15) is 0 Å². The lowest BCUT2D eigenvalue weighted by molar-refractivity contribution is 0.247. The first-order valence-corrected chi connectivity index (χ1v) is 8.09. The number of benzene rings is 2. The van der Waals surface area contributed by atoms with Gasteiger partial charge < -0.3 is 10.6 Å². The summed E-state index contributed by atoms with van der Waals surface area (Å²) in [5.74, 6) is 0. The van der Waals surface area contributed by atoms with Crippen LogP contribution in [0, 0.1) is 6.92 Å². The normalized spacial score (nSPS) is 17.9. The second-order valence-electron chi connectivity index (χ2n) is 6.17. The lowest BCUT2D eigenvalue weighted by Crippen LogP contribution is -2.39. The van der Waals surface area contributed by atoms with E-state index in [0.717, 1.165) is 31.7 Å². The van der Waals surface area contributed by atoms with E-state index in [1.54, 1.807) is 0 Å². The van der Waals surface area contributed by atoms with Gasteiger partial charge in [-0.05, 0) is 31.0 Å². The standard InChI is InChI=1S/C19H23N3O/c1-15-7-9-17(10-8-15)20-19(23)21-18-11-12-22(14-18)13-16-5-3-2-4-6-16/h2-10,18H,11-14H2,1H3,(H2,20,21,23). The molecule has 4 nitrogen and oxygen atoms in total. The second kappa shape index (κ2) is 7.29. The second-order valence-corrected chi connectivity index (χ2v) is 6.17. The first kappa shape index (κ1) is 15.6. The number of urea groups is 1. The molecule has 0 aromatic heterocycles. The summed E-state index contributed by atoms with van der Waals surface area (Å²) < 4.78 is 0. The zero-order valence-corrected chi connectivity index (χ0v) is 13.5. The van der Waals surface area contributed by atoms with Gasteiger partial charge in [0.15, 0.2) is 0 Å². The maximum atomic E-state index is 12.1. The molecule has 0 radical (unpaired) electrons. The van der Waals surface area contributed by atoms with Crippen LogP contribution < -0.4 is 10.6 Å². The summed E-state index contributed by atoms with van der Waals surface area (Å²) >= 11 is 0. The molecule has 3 rings (SSSR count). The largest absolute Gasteiger partial charge is 0.334 e. The Morgan fingerprint density at radius 2 is 1.87 bits per heavy atom. The quantitative estimate of drug-likeness (QED) is 0.909. The Kier molecular flexibility index (Phi) is 4.93. The molecular weight excluding hydrogens is 286 g/mol. The highest BCUT2D eigenvalue weighted by Crippen LogP contribution is 2.14. The molecule has 23 heavy (non-hydrogen) atoms. The highest BCUT2D eigenvalue weighted by atomic mass is 16.2. The Hall–Kier alpha value is -2.33. The molecule has 1 aliphatic rings. The summed E-state index contributed by atoms with van der Waals surface area (Å²) in [6.07, 6.45) is 0.994. The van der Waals surface area contributed by atoms with Crippen molar-refractivity contribution in [1.29, 1.82) is 0 Å². The summed E-state index contributed by atoms with van der Waals surface area (Å²) in [6, 6.07) is 18.4. The van der Waals surface area contributed by atoms with E-state index in [1.165, 1.54) is 11.1 Å². The molecule has 2 aromatic carbocycles. The van der Waals surface area contributed by atoms with Crippen LogP contribution in [-0.4, -0.2) is 30.1 Å². The van der Waals surface area contributed by atoms with Gasteiger partial charge >= 0.3 is 6.03 Å². The van der Waals surface area contributed by atoms with Crippen LogP contribution >= 0.6 is 0 Å². The Labute approximate surface area is 137 Å². The van der Waals surface area contributed by atoms with E-state index in [0.29, 0.717) is 0 Å². The van der Waals surface area contributed by atoms with E-state index in [1.807, 2.05) is 37.3 Å². The SMILES string of the molecule is Cc1ccc(NC(=O)NC2CCN(Cc3ccccc3)C2)cc1. The average Bonchev–Trinajstić information content (AvgIpc) is 2.97. The van der Waals surface area contributed by atoms with Crippen LogP contribution in [-0.2, 0) is 6.54 Å². The molecule has 2 N–H and O–H groups in total. The van der Waals surface area contributed by atoms with Crippen LogP contribution in [0.5, 0.6) is 0 Å². The summed E-state index contributed by atoms with van der Waals surface area (Å²) in [4.78, 5) is 14.5. The molecule has 120 valence electrons. The van der Waals surface area contributed by atoms with Crippen LogP contribution in [0.1, 0.15) is 17.5 Å². The van der Waals surface area contributed by atoms with Crippen LogP contribution in [0.15, 0.2) is 54.6 Å². The van der Waals surface area contributed by atoms with Crippen molar-refractivity contribution in [2.45, 2.75) is 25.9 Å². The van der Waals surface area contributed by atoms with E-state index < -0.39 is 0 Å². The molecule has 1 fully saturated rings. The van der Waals surface area contributed by atoms with Gasteiger partial charge in [-0.3, -0.25) is 4.90 Å². The van der Waals surface area contributed by atoms with Crippen LogP contribution in [0.3, 0.4) is 0 Å². The fraction of sp³-hybridized carbons (Fsp3) is 0.316. The number of nitrogens with zero attached hydrogens (tertiary/aromatic N) is 1. The molecule has 0 saturated carbocycles. The summed E-state index contributed by atoms with van der Waals surface area (Å²) in [5, 5.41) is 5.96. The lowest BCUT2D eigenvalue weighted by Gasteiger charge is -2.17. The highest BCUT2D eigenvalue weighted by Gasteiger charge is 2.23. The lowest BCUT2D eigenvalue weighted by atomic mass is 10.2. The Morgan fingerprint density at radius 3 is 2.61 bits per heavy atom. The monoisotopic (exact) mass is 309 g/mol. The minimum atomic E-state index is -0.125. The molecule has 0 bridgehead atoms. The van der Waals surface area contributed by atoms with Crippen molar-refractivity contribution in [2.75, 3.05) is 18.4 Å². The smallest absolute Gasteiger partial charge is 0.319 e. The van der Waals surface area contributed by atoms with Gasteiger partial charge in [-0.15, -0.1) is 0 Å². The Bertz CT molecular complexity index is 639. The van der Waals surface area contributed by atoms with E-state index in [-0.39, 0.29) is 12.1 Å². The number of nitrogens with one attached hydrogen (secondary N) is 2. The molecular formula is C19H23N3O. The molecule has 1 atom stereocenters. The molecule has 2 amide bonds. The number of aryl methyl sites for hydroxylation is 1. The molecule has 1 aliphatic heterocycles. The van der Waals surface area contributed by atoms with Crippen molar-refractivity contribution in [3.05, 3.63) is 65.7 Å². The molecule has 4 heteroatoms. The van der Waals surface area contributed by atoms with Gasteiger partial charge in [-0.1, -0.05) is 48.0 Å². The topological polar surface area (TPSA) is 44.4 Å². The Balaban J connectivity index is 1.46. The first-order chi connectivity index (χ1) is 11.2. The zero-order valence-electron chi connectivity index (χ0n) is 13.5. The van der Waals surface area contributed by atoms with E-state index in [4.69, 9.17) is 0 Å². The predicted molar refractivity (Wildman–Crippen MR) is 93.5 cm³/mol. The van der Waals surface area contributed by atoms with Crippen LogP contribution in [0.2, 0.25) is 0 Å². The van der Waals surface area contributed by atoms with Crippen molar-refractivity contribution in [3.8, 4) is 0 Å². The fourth-order valence-electron chi connectivity index (χ4n) is 2.93. The molecule has 1 heterocycles. The van der Waals surface area contributed by atoms with Gasteiger partial charge in [0.25, 0.3) is 0 Å². The molecule has 0 spiro atoms. The predicted octanol–water partition coefficient (Wildman–Crippen LogP) is 3.39. The minimum Gasteiger partial charge on any atom is -0.334 e. The van der Waals surface area contributed by atoms with Crippen molar-refractivity contribution >= 4 is 11.7 Å². The number of hydrogen-bond donors (Lipinski definition) is 2. The third kappa shape index (κ3) is 4.57. The maximum absolute atomic E-state index is 12.1. The number of hydrogen-bond acceptors (Lipinski definition) is 2. The number of likely N-dealkylation sites (tertiary alicyclic amines) is 1. The van der Waals surface area contributed by atoms with Gasteiger partial charge in [0.1, 0.15) is 0 Å². The van der Waals surface area contributed by atoms with Gasteiger partial charge in [0, 0.05) is 31.4 Å². The van der Waals surface area contributed by atoms with Crippen molar-refractivity contribution in [3.63, 3.8) is 0 Å². The average molecular weight is 309 g/mol. The van der Waals surface area contributed by atoms with Crippen LogP contribution in [0.25, 0.3) is 0 Å². The molecule has 0 aliphatic carbocycles. The van der Waals surface area contributed by atoms with Gasteiger partial charge in [0.2, 0.25) is 0 Å². The summed E-state index contributed by atoms with van der Waals surface area (Å²) in [6.45, 7) is 4.89. The third-order valence-electron chi connectivity index (χ3n) is 4.17. The van der Waals surface area contributed by atoms with Crippen molar-refractivity contribution in [2.24, 2.45) is 0 Å². The van der Waals surface area contributed by atoms with E-state index in [2.05, 4.69) is 39.8 Å². The first-order valence-electron chi connectivity index (χ1n) is 8.09. The van der Waals surface area contributed by atoms with Crippen molar-refractivity contribution < 1.29 is 4.79 Å². The van der Waals surface area contributed by atoms with Gasteiger partial charge in [-0.25, -0.2) is 4.79 Å².